The maximum Gasteiger partial charge on any atom is 0.134 e. The second-order valence-corrected chi connectivity index (χ2v) is 4.40. The molecule has 2 heterocycles. The Labute approximate surface area is 107 Å². The van der Waals surface area contributed by atoms with Gasteiger partial charge in [0.25, 0.3) is 0 Å². The lowest BCUT2D eigenvalue weighted by Crippen LogP contribution is -2.22. The van der Waals surface area contributed by atoms with Crippen LogP contribution in [0.4, 0.5) is 5.82 Å². The van der Waals surface area contributed by atoms with Gasteiger partial charge < -0.3 is 14.6 Å². The van der Waals surface area contributed by atoms with Gasteiger partial charge in [0.1, 0.15) is 11.6 Å². The van der Waals surface area contributed by atoms with Crippen LogP contribution in [-0.2, 0) is 13.6 Å². The van der Waals surface area contributed by atoms with E-state index in [1.807, 2.05) is 41.9 Å². The minimum Gasteiger partial charge on any atom is -0.389 e. The van der Waals surface area contributed by atoms with E-state index >= 15 is 0 Å². The van der Waals surface area contributed by atoms with Gasteiger partial charge in [-0.1, -0.05) is 6.07 Å². The number of hydrogen-bond acceptors (Lipinski definition) is 4. The van der Waals surface area contributed by atoms with Crippen LogP contribution in [0, 0.1) is 0 Å². The summed E-state index contributed by atoms with van der Waals surface area (Å²) in [5, 5.41) is 9.75. The highest BCUT2D eigenvalue weighted by Gasteiger charge is 2.14. The van der Waals surface area contributed by atoms with E-state index in [4.69, 9.17) is 0 Å². The standard InChI is InChI=1S/C13H18N4O/c1-10(18)11-5-4-6-15-13(11)17(3)9-12-14-7-8-16(12)2/h4-8,10,18H,9H2,1-3H3. The molecule has 0 fully saturated rings. The van der Waals surface area contributed by atoms with Crippen molar-refractivity contribution in [2.45, 2.75) is 19.6 Å². The predicted octanol–water partition coefficient (Wildman–Crippen LogP) is 1.50. The Morgan fingerprint density at radius 3 is 2.78 bits per heavy atom. The lowest BCUT2D eigenvalue weighted by atomic mass is 10.1. The van der Waals surface area contributed by atoms with Gasteiger partial charge in [-0.2, -0.15) is 0 Å². The number of hydrogen-bond donors (Lipinski definition) is 1. The number of nitrogens with zero attached hydrogens (tertiary/aromatic N) is 4. The fourth-order valence-electron chi connectivity index (χ4n) is 1.89. The first-order valence-electron chi connectivity index (χ1n) is 5.90. The summed E-state index contributed by atoms with van der Waals surface area (Å²) in [6.45, 7) is 2.40. The van der Waals surface area contributed by atoms with E-state index in [9.17, 15) is 5.11 Å². The molecular weight excluding hydrogens is 228 g/mol. The summed E-state index contributed by atoms with van der Waals surface area (Å²) in [4.78, 5) is 10.6. The van der Waals surface area contributed by atoms with Gasteiger partial charge >= 0.3 is 0 Å². The molecule has 2 aromatic rings. The molecule has 0 saturated heterocycles. The van der Waals surface area contributed by atoms with Crippen molar-refractivity contribution in [3.8, 4) is 0 Å². The molecule has 1 N–H and O–H groups in total. The predicted molar refractivity (Wildman–Crippen MR) is 70.2 cm³/mol. The minimum atomic E-state index is -0.530. The first-order valence-corrected chi connectivity index (χ1v) is 5.90. The highest BCUT2D eigenvalue weighted by atomic mass is 16.3. The molecule has 1 atom stereocenters. The molecule has 0 radical (unpaired) electrons. The van der Waals surface area contributed by atoms with E-state index in [0.29, 0.717) is 6.54 Å². The van der Waals surface area contributed by atoms with Crippen LogP contribution in [0.1, 0.15) is 24.4 Å². The van der Waals surface area contributed by atoms with Gasteiger partial charge in [-0.05, 0) is 13.0 Å². The number of rotatable bonds is 4. The Balaban J connectivity index is 2.24. The molecule has 0 bridgehead atoms. The summed E-state index contributed by atoms with van der Waals surface area (Å²) in [7, 11) is 3.91. The molecule has 0 amide bonds. The third-order valence-electron chi connectivity index (χ3n) is 2.93. The molecule has 0 aliphatic rings. The van der Waals surface area contributed by atoms with Crippen LogP contribution >= 0.6 is 0 Å². The average molecular weight is 246 g/mol. The fourth-order valence-corrected chi connectivity index (χ4v) is 1.89. The molecule has 0 saturated carbocycles. The maximum atomic E-state index is 9.75. The van der Waals surface area contributed by atoms with Crippen LogP contribution in [0.3, 0.4) is 0 Å². The van der Waals surface area contributed by atoms with Crippen LogP contribution in [0.15, 0.2) is 30.7 Å². The van der Waals surface area contributed by atoms with Crippen LogP contribution in [0.2, 0.25) is 0 Å². The fraction of sp³-hybridized carbons (Fsp3) is 0.385. The molecule has 0 aliphatic carbocycles. The SMILES string of the molecule is CC(O)c1cccnc1N(C)Cc1nccn1C. The molecule has 5 nitrogen and oxygen atoms in total. The van der Waals surface area contributed by atoms with E-state index in [0.717, 1.165) is 17.2 Å². The van der Waals surface area contributed by atoms with Crippen LogP contribution in [0.5, 0.6) is 0 Å². The van der Waals surface area contributed by atoms with Gasteiger partial charge in [-0.3, -0.25) is 0 Å². The lowest BCUT2D eigenvalue weighted by molar-refractivity contribution is 0.199. The topological polar surface area (TPSA) is 54.2 Å². The molecule has 18 heavy (non-hydrogen) atoms. The smallest absolute Gasteiger partial charge is 0.134 e. The van der Waals surface area contributed by atoms with Gasteiger partial charge in [0.05, 0.1) is 12.6 Å². The highest BCUT2D eigenvalue weighted by molar-refractivity contribution is 5.47. The Hall–Kier alpha value is -1.88. The van der Waals surface area contributed by atoms with Crippen LogP contribution in [-0.4, -0.2) is 26.7 Å². The molecule has 2 rings (SSSR count). The minimum absolute atomic E-state index is 0.530. The zero-order valence-electron chi connectivity index (χ0n) is 10.9. The van der Waals surface area contributed by atoms with E-state index < -0.39 is 6.10 Å². The monoisotopic (exact) mass is 246 g/mol. The summed E-state index contributed by atoms with van der Waals surface area (Å²) in [5.74, 6) is 1.75. The molecule has 5 heteroatoms. The van der Waals surface area contributed by atoms with Crippen molar-refractivity contribution in [1.82, 2.24) is 14.5 Å². The van der Waals surface area contributed by atoms with Crippen LogP contribution < -0.4 is 4.90 Å². The second kappa shape index (κ2) is 5.18. The Morgan fingerprint density at radius 1 is 1.39 bits per heavy atom. The summed E-state index contributed by atoms with van der Waals surface area (Å²) in [5.41, 5.74) is 0.828. The van der Waals surface area contributed by atoms with Gasteiger partial charge in [0, 0.05) is 38.2 Å². The van der Waals surface area contributed by atoms with Crippen molar-refractivity contribution in [2.75, 3.05) is 11.9 Å². The van der Waals surface area contributed by atoms with Gasteiger partial charge in [-0.25, -0.2) is 9.97 Å². The van der Waals surface area contributed by atoms with Crippen molar-refractivity contribution in [3.05, 3.63) is 42.1 Å². The quantitative estimate of drug-likeness (QED) is 0.888. The molecular formula is C13H18N4O. The van der Waals surface area contributed by atoms with Gasteiger partial charge in [0.15, 0.2) is 0 Å². The molecule has 96 valence electrons. The van der Waals surface area contributed by atoms with Crippen molar-refractivity contribution in [2.24, 2.45) is 7.05 Å². The largest absolute Gasteiger partial charge is 0.389 e. The van der Waals surface area contributed by atoms with E-state index in [1.54, 1.807) is 19.3 Å². The van der Waals surface area contributed by atoms with E-state index in [2.05, 4.69) is 9.97 Å². The maximum absolute atomic E-state index is 9.75. The summed E-state index contributed by atoms with van der Waals surface area (Å²) in [6, 6.07) is 3.72. The number of anilines is 1. The number of aryl methyl sites for hydroxylation is 1. The molecule has 2 aromatic heterocycles. The zero-order chi connectivity index (χ0) is 13.1. The lowest BCUT2D eigenvalue weighted by Gasteiger charge is -2.21. The molecule has 1 unspecified atom stereocenters. The van der Waals surface area contributed by atoms with Crippen LogP contribution in [0.25, 0.3) is 0 Å². The molecule has 0 aromatic carbocycles. The Kier molecular flexibility index (Phi) is 3.62. The second-order valence-electron chi connectivity index (χ2n) is 4.40. The third-order valence-corrected chi connectivity index (χ3v) is 2.93. The number of imidazole rings is 1. The zero-order valence-corrected chi connectivity index (χ0v) is 10.9. The molecule has 0 aliphatic heterocycles. The van der Waals surface area contributed by atoms with Crippen molar-refractivity contribution in [3.63, 3.8) is 0 Å². The third kappa shape index (κ3) is 2.51. The summed E-state index contributed by atoms with van der Waals surface area (Å²) in [6.07, 6.45) is 4.89. The molecule has 0 spiro atoms. The Morgan fingerprint density at radius 2 is 2.17 bits per heavy atom. The van der Waals surface area contributed by atoms with Gasteiger partial charge in [0.2, 0.25) is 0 Å². The number of pyridine rings is 1. The first kappa shape index (κ1) is 12.6. The highest BCUT2D eigenvalue weighted by Crippen LogP contribution is 2.23. The first-order chi connectivity index (χ1) is 8.59. The van der Waals surface area contributed by atoms with E-state index in [1.165, 1.54) is 0 Å². The van der Waals surface area contributed by atoms with E-state index in [-0.39, 0.29) is 0 Å². The average Bonchev–Trinajstić information content (AvgIpc) is 2.75. The van der Waals surface area contributed by atoms with Crippen molar-refractivity contribution in [1.29, 1.82) is 0 Å². The van der Waals surface area contributed by atoms with Crippen molar-refractivity contribution < 1.29 is 5.11 Å². The number of aromatic nitrogens is 3. The Bertz CT molecular complexity index is 521. The number of aliphatic hydroxyl groups is 1. The normalized spacial score (nSPS) is 12.4. The van der Waals surface area contributed by atoms with Gasteiger partial charge in [-0.15, -0.1) is 0 Å². The summed E-state index contributed by atoms with van der Waals surface area (Å²) < 4.78 is 1.97. The van der Waals surface area contributed by atoms with Crippen molar-refractivity contribution >= 4 is 5.82 Å². The summed E-state index contributed by atoms with van der Waals surface area (Å²) >= 11 is 0. The number of aliphatic hydroxyl groups excluding tert-OH is 1.